The number of benzene rings is 2. The molecule has 0 unspecified atom stereocenters. The number of amides is 4. The van der Waals surface area contributed by atoms with E-state index in [1.807, 2.05) is 0 Å². The Kier molecular flexibility index (Phi) is 10.2. The lowest BCUT2D eigenvalue weighted by molar-refractivity contribution is -0.122. The molecule has 2 saturated heterocycles. The van der Waals surface area contributed by atoms with E-state index in [0.29, 0.717) is 49.3 Å². The van der Waals surface area contributed by atoms with Gasteiger partial charge in [-0.05, 0) is 109 Å². The molecule has 242 valence electrons. The molecular weight excluding hydrogens is 576 g/mol. The third-order valence-electron chi connectivity index (χ3n) is 7.44. The molecule has 0 aromatic heterocycles. The predicted octanol–water partition coefficient (Wildman–Crippen LogP) is 5.79. The summed E-state index contributed by atoms with van der Waals surface area (Å²) in [5.74, 6) is -0.685. The normalized spacial score (nSPS) is 18.4. The van der Waals surface area contributed by atoms with Crippen LogP contribution >= 0.6 is 0 Å². The van der Waals surface area contributed by atoms with E-state index in [-0.39, 0.29) is 24.0 Å². The third-order valence-corrected chi connectivity index (χ3v) is 7.44. The standard InChI is InChI=1S/C34H44N4O7/c1-33(2,3)44-31(42)37-19-7-9-26(37)28(39)21-22-11-15-24(16-12-22)35-29(40)23-13-17-25(18-14-23)36-30(41)27-10-8-20-38(27)32(43)45-34(4,5)6/h11-18,26-27H,7-10,19-21H2,1-6H3,(H,35,40)(H,36,41)/t26-,27-/m0/s1. The Hall–Kier alpha value is -4.41. The summed E-state index contributed by atoms with van der Waals surface area (Å²) in [6.45, 7) is 11.7. The minimum atomic E-state index is -0.652. The summed E-state index contributed by atoms with van der Waals surface area (Å²) < 4.78 is 10.9. The minimum Gasteiger partial charge on any atom is -0.444 e. The number of rotatable bonds is 7. The molecule has 0 saturated carbocycles. The first-order valence-corrected chi connectivity index (χ1v) is 15.4. The van der Waals surface area contributed by atoms with Gasteiger partial charge in [-0.3, -0.25) is 24.2 Å². The summed E-state index contributed by atoms with van der Waals surface area (Å²) in [5, 5.41) is 5.67. The zero-order valence-electron chi connectivity index (χ0n) is 27.0. The number of nitrogens with zero attached hydrogens (tertiary/aromatic N) is 2. The van der Waals surface area contributed by atoms with Gasteiger partial charge in [0.05, 0.1) is 6.04 Å². The van der Waals surface area contributed by atoms with Crippen LogP contribution in [0.1, 0.15) is 83.1 Å². The first-order valence-electron chi connectivity index (χ1n) is 15.4. The predicted molar refractivity (Wildman–Crippen MR) is 170 cm³/mol. The number of anilines is 2. The van der Waals surface area contributed by atoms with Crippen LogP contribution in [-0.4, -0.2) is 76.0 Å². The van der Waals surface area contributed by atoms with Crippen LogP contribution in [0.2, 0.25) is 0 Å². The zero-order valence-corrected chi connectivity index (χ0v) is 27.0. The highest BCUT2D eigenvalue weighted by Crippen LogP contribution is 2.25. The van der Waals surface area contributed by atoms with E-state index in [4.69, 9.17) is 9.47 Å². The number of nitrogens with one attached hydrogen (secondary N) is 2. The number of hydrogen-bond acceptors (Lipinski definition) is 7. The Labute approximate surface area is 264 Å². The first-order chi connectivity index (χ1) is 21.1. The van der Waals surface area contributed by atoms with E-state index in [0.717, 1.165) is 12.0 Å². The van der Waals surface area contributed by atoms with Crippen LogP contribution in [0.3, 0.4) is 0 Å². The maximum Gasteiger partial charge on any atom is 0.410 e. The molecule has 2 aliphatic rings. The smallest absolute Gasteiger partial charge is 0.410 e. The monoisotopic (exact) mass is 620 g/mol. The Morgan fingerprint density at radius 2 is 1.16 bits per heavy atom. The van der Waals surface area contributed by atoms with Gasteiger partial charge in [0.25, 0.3) is 5.91 Å². The lowest BCUT2D eigenvalue weighted by atomic mass is 10.0. The van der Waals surface area contributed by atoms with E-state index in [1.54, 1.807) is 90.1 Å². The van der Waals surface area contributed by atoms with Gasteiger partial charge in [0.1, 0.15) is 17.2 Å². The van der Waals surface area contributed by atoms with Crippen molar-refractivity contribution in [3.8, 4) is 0 Å². The van der Waals surface area contributed by atoms with Gasteiger partial charge in [-0.15, -0.1) is 0 Å². The van der Waals surface area contributed by atoms with Crippen LogP contribution in [0.15, 0.2) is 48.5 Å². The fraction of sp³-hybridized carbons (Fsp3) is 0.500. The molecule has 0 bridgehead atoms. The molecular formula is C34H44N4O7. The van der Waals surface area contributed by atoms with Crippen molar-refractivity contribution in [3.63, 3.8) is 0 Å². The molecule has 0 aliphatic carbocycles. The maximum atomic E-state index is 13.0. The van der Waals surface area contributed by atoms with Gasteiger partial charge in [0.2, 0.25) is 5.91 Å². The van der Waals surface area contributed by atoms with Crippen molar-refractivity contribution in [1.82, 2.24) is 9.80 Å². The van der Waals surface area contributed by atoms with Crippen molar-refractivity contribution >= 4 is 41.2 Å². The minimum absolute atomic E-state index is 0.0483. The van der Waals surface area contributed by atoms with Crippen LogP contribution in [0.4, 0.5) is 21.0 Å². The molecule has 2 N–H and O–H groups in total. The number of carbonyl (C=O) groups excluding carboxylic acids is 5. The molecule has 4 rings (SSSR count). The second-order valence-electron chi connectivity index (χ2n) is 13.5. The molecule has 4 amide bonds. The van der Waals surface area contributed by atoms with E-state index < -0.39 is 35.5 Å². The molecule has 2 fully saturated rings. The number of hydrogen-bond donors (Lipinski definition) is 2. The van der Waals surface area contributed by atoms with E-state index in [2.05, 4.69) is 10.6 Å². The number of ether oxygens (including phenoxy) is 2. The SMILES string of the molecule is CC(C)(C)OC(=O)N1CCC[C@H]1C(=O)Cc1ccc(NC(=O)c2ccc(NC(=O)[C@@H]3CCCN3C(=O)OC(C)(C)C)cc2)cc1. The highest BCUT2D eigenvalue weighted by Gasteiger charge is 2.37. The number of likely N-dealkylation sites (tertiary alicyclic amines) is 2. The Bertz CT molecular complexity index is 1410. The van der Waals surface area contributed by atoms with Crippen molar-refractivity contribution in [2.75, 3.05) is 23.7 Å². The van der Waals surface area contributed by atoms with E-state index in [9.17, 15) is 24.0 Å². The molecule has 2 aromatic rings. The second-order valence-corrected chi connectivity index (χ2v) is 13.5. The molecule has 45 heavy (non-hydrogen) atoms. The second kappa shape index (κ2) is 13.7. The van der Waals surface area contributed by atoms with Crippen molar-refractivity contribution in [3.05, 3.63) is 59.7 Å². The van der Waals surface area contributed by atoms with Crippen molar-refractivity contribution < 1.29 is 33.4 Å². The highest BCUT2D eigenvalue weighted by molar-refractivity contribution is 6.05. The number of carbonyl (C=O) groups is 5. The molecule has 0 spiro atoms. The van der Waals surface area contributed by atoms with Crippen molar-refractivity contribution in [1.29, 1.82) is 0 Å². The van der Waals surface area contributed by atoms with Gasteiger partial charge in [-0.1, -0.05) is 12.1 Å². The molecule has 2 aliphatic heterocycles. The lowest BCUT2D eigenvalue weighted by Gasteiger charge is -2.28. The van der Waals surface area contributed by atoms with Crippen molar-refractivity contribution in [2.45, 2.75) is 96.9 Å². The fourth-order valence-corrected chi connectivity index (χ4v) is 5.38. The highest BCUT2D eigenvalue weighted by atomic mass is 16.6. The van der Waals surface area contributed by atoms with Gasteiger partial charge in [0.15, 0.2) is 5.78 Å². The van der Waals surface area contributed by atoms with Gasteiger partial charge < -0.3 is 20.1 Å². The van der Waals surface area contributed by atoms with Crippen LogP contribution in [0, 0.1) is 0 Å². The van der Waals surface area contributed by atoms with Crippen LogP contribution in [-0.2, 0) is 25.5 Å². The molecule has 2 aromatic carbocycles. The van der Waals surface area contributed by atoms with E-state index in [1.165, 1.54) is 9.80 Å². The molecule has 0 radical (unpaired) electrons. The molecule has 11 heteroatoms. The van der Waals surface area contributed by atoms with Gasteiger partial charge in [-0.25, -0.2) is 9.59 Å². The molecule has 2 heterocycles. The summed E-state index contributed by atoms with van der Waals surface area (Å²) in [7, 11) is 0. The third kappa shape index (κ3) is 9.29. The van der Waals surface area contributed by atoms with Gasteiger partial charge >= 0.3 is 12.2 Å². The number of ketones is 1. The topological polar surface area (TPSA) is 134 Å². The Balaban J connectivity index is 1.28. The van der Waals surface area contributed by atoms with E-state index >= 15 is 0 Å². The first kappa shape index (κ1) is 33.5. The zero-order chi connectivity index (χ0) is 32.9. The summed E-state index contributed by atoms with van der Waals surface area (Å²) in [6, 6.07) is 12.4. The van der Waals surface area contributed by atoms with Crippen LogP contribution < -0.4 is 10.6 Å². The maximum absolute atomic E-state index is 13.0. The molecule has 11 nitrogen and oxygen atoms in total. The fourth-order valence-electron chi connectivity index (χ4n) is 5.38. The summed E-state index contributed by atoms with van der Waals surface area (Å²) in [4.78, 5) is 66.9. The lowest BCUT2D eigenvalue weighted by Crippen LogP contribution is -2.45. The largest absolute Gasteiger partial charge is 0.444 e. The van der Waals surface area contributed by atoms with Crippen LogP contribution in [0.25, 0.3) is 0 Å². The average Bonchev–Trinajstić information content (AvgIpc) is 3.63. The molecule has 2 atom stereocenters. The van der Waals surface area contributed by atoms with Gasteiger partial charge in [-0.2, -0.15) is 0 Å². The quantitative estimate of drug-likeness (QED) is 0.400. The van der Waals surface area contributed by atoms with Crippen LogP contribution in [0.5, 0.6) is 0 Å². The summed E-state index contributed by atoms with van der Waals surface area (Å²) >= 11 is 0. The van der Waals surface area contributed by atoms with Crippen molar-refractivity contribution in [2.24, 2.45) is 0 Å². The Morgan fingerprint density at radius 3 is 1.69 bits per heavy atom. The van der Waals surface area contributed by atoms with Gasteiger partial charge in [0, 0.05) is 36.4 Å². The Morgan fingerprint density at radius 1 is 0.689 bits per heavy atom. The average molecular weight is 621 g/mol. The summed E-state index contributed by atoms with van der Waals surface area (Å²) in [5.41, 5.74) is 0.963. The summed E-state index contributed by atoms with van der Waals surface area (Å²) in [6.07, 6.45) is 1.81. The number of Topliss-reactive ketones (excluding diaryl/α,β-unsaturated/α-hetero) is 1.